The number of nitrogens with zero attached hydrogens (tertiary/aromatic N) is 1. The molecule has 3 N–H and O–H groups in total. The maximum atomic E-state index is 12.8. The van der Waals surface area contributed by atoms with Crippen molar-refractivity contribution in [2.24, 2.45) is 0 Å². The fourth-order valence-electron chi connectivity index (χ4n) is 2.63. The third kappa shape index (κ3) is 1.87. The van der Waals surface area contributed by atoms with Gasteiger partial charge < -0.3 is 5.32 Å². The third-order valence-electron chi connectivity index (χ3n) is 3.69. The smallest absolute Gasteiger partial charge is 0.265 e. The van der Waals surface area contributed by atoms with Crippen LogP contribution in [0.25, 0.3) is 0 Å². The van der Waals surface area contributed by atoms with E-state index in [1.165, 1.54) is 11.3 Å². The second-order valence-electron chi connectivity index (χ2n) is 4.96. The molecule has 4 rings (SSSR count). The molecule has 0 aliphatic carbocycles. The fourth-order valence-corrected chi connectivity index (χ4v) is 4.99. The van der Waals surface area contributed by atoms with Gasteiger partial charge in [-0.25, -0.2) is 13.8 Å². The van der Waals surface area contributed by atoms with Gasteiger partial charge in [0.1, 0.15) is 11.0 Å². The Morgan fingerprint density at radius 3 is 2.68 bits per heavy atom. The first-order valence-corrected chi connectivity index (χ1v) is 8.99. The van der Waals surface area contributed by atoms with Crippen molar-refractivity contribution in [2.45, 2.75) is 16.4 Å². The molecule has 22 heavy (non-hydrogen) atoms. The van der Waals surface area contributed by atoms with Gasteiger partial charge in [0.2, 0.25) is 0 Å². The molecule has 7 nitrogen and oxygen atoms in total. The van der Waals surface area contributed by atoms with Crippen LogP contribution in [0.5, 0.6) is 0 Å². The molecule has 0 spiro atoms. The van der Waals surface area contributed by atoms with Crippen LogP contribution in [0.2, 0.25) is 0 Å². The average Bonchev–Trinajstić information content (AvgIpc) is 3.14. The van der Waals surface area contributed by atoms with Gasteiger partial charge in [-0.3, -0.25) is 9.80 Å². The first-order chi connectivity index (χ1) is 10.6. The van der Waals surface area contributed by atoms with Crippen molar-refractivity contribution < 1.29 is 13.2 Å². The summed E-state index contributed by atoms with van der Waals surface area (Å²) >= 11 is 1.32. The first kappa shape index (κ1) is 13.7. The number of rotatable bonds is 2. The molecule has 0 saturated carbocycles. The average molecular weight is 336 g/mol. The number of carbonyl (C=O) groups is 1. The van der Waals surface area contributed by atoms with Crippen molar-refractivity contribution in [3.63, 3.8) is 0 Å². The number of nitrogens with one attached hydrogen (secondary N) is 3. The number of benzene rings is 1. The Bertz CT molecular complexity index is 834. The Kier molecular flexibility index (Phi) is 2.98. The molecule has 2 aliphatic rings. The molecule has 1 amide bonds. The molecule has 2 aliphatic heterocycles. The number of carbonyl (C=O) groups excluding carboxylic acids is 1. The standard InChI is InChI=1S/C13H12N4O3S2/c18-12-10-9(6-7-21-10)17-11(14-12)13(15-16-17)22(19,20)8-4-2-1-3-5-8/h1-7,11,13,15-16H,(H,14,18). The summed E-state index contributed by atoms with van der Waals surface area (Å²) in [6.45, 7) is 0. The number of amides is 1. The van der Waals surface area contributed by atoms with Crippen LogP contribution in [-0.2, 0) is 9.84 Å². The lowest BCUT2D eigenvalue weighted by Crippen LogP contribution is -2.56. The van der Waals surface area contributed by atoms with Crippen LogP contribution in [0.3, 0.4) is 0 Å². The van der Waals surface area contributed by atoms with Crippen molar-refractivity contribution in [1.29, 1.82) is 0 Å². The van der Waals surface area contributed by atoms with Crippen LogP contribution in [0.4, 0.5) is 5.69 Å². The normalized spacial score (nSPS) is 23.8. The van der Waals surface area contributed by atoms with Crippen molar-refractivity contribution >= 4 is 32.8 Å². The molecule has 2 unspecified atom stereocenters. The van der Waals surface area contributed by atoms with Crippen molar-refractivity contribution in [2.75, 3.05) is 5.01 Å². The zero-order valence-electron chi connectivity index (χ0n) is 11.2. The highest BCUT2D eigenvalue weighted by Gasteiger charge is 2.47. The van der Waals surface area contributed by atoms with Crippen LogP contribution < -0.4 is 21.3 Å². The van der Waals surface area contributed by atoms with Gasteiger partial charge in [0.05, 0.1) is 10.6 Å². The molecular formula is C13H12N4O3S2. The van der Waals surface area contributed by atoms with Crippen molar-refractivity contribution in [1.82, 2.24) is 16.3 Å². The zero-order chi connectivity index (χ0) is 15.3. The summed E-state index contributed by atoms with van der Waals surface area (Å²) in [5, 5.41) is 5.20. The van der Waals surface area contributed by atoms with E-state index in [4.69, 9.17) is 0 Å². The second kappa shape index (κ2) is 4.78. The lowest BCUT2D eigenvalue weighted by molar-refractivity contribution is 0.0934. The van der Waals surface area contributed by atoms with Gasteiger partial charge in [0, 0.05) is 0 Å². The summed E-state index contributed by atoms with van der Waals surface area (Å²) < 4.78 is 25.5. The Labute approximate surface area is 130 Å². The molecule has 0 radical (unpaired) electrons. The lowest BCUT2D eigenvalue weighted by atomic mass is 10.2. The molecule has 1 saturated heterocycles. The first-order valence-electron chi connectivity index (χ1n) is 6.57. The van der Waals surface area contributed by atoms with Crippen LogP contribution in [0, 0.1) is 0 Å². The van der Waals surface area contributed by atoms with Gasteiger partial charge in [-0.15, -0.1) is 11.3 Å². The maximum Gasteiger partial charge on any atom is 0.265 e. The van der Waals surface area contributed by atoms with E-state index in [9.17, 15) is 13.2 Å². The van der Waals surface area contributed by atoms with Gasteiger partial charge in [0.25, 0.3) is 5.91 Å². The molecule has 2 atom stereocenters. The van der Waals surface area contributed by atoms with Gasteiger partial charge in [-0.1, -0.05) is 18.2 Å². The number of hydrazine groups is 2. The Morgan fingerprint density at radius 1 is 1.14 bits per heavy atom. The number of hydrogen-bond acceptors (Lipinski definition) is 7. The van der Waals surface area contributed by atoms with E-state index < -0.39 is 21.4 Å². The topological polar surface area (TPSA) is 90.5 Å². The SMILES string of the molecule is O=C1NC2C(S(=O)(=O)c3ccccc3)NNN2c2ccsc21. The van der Waals surface area contributed by atoms with Crippen LogP contribution in [0.15, 0.2) is 46.7 Å². The Hall–Kier alpha value is -1.94. The molecule has 1 aromatic heterocycles. The van der Waals surface area contributed by atoms with E-state index in [2.05, 4.69) is 16.3 Å². The molecule has 114 valence electrons. The van der Waals surface area contributed by atoms with Gasteiger partial charge in [-0.2, -0.15) is 5.53 Å². The summed E-state index contributed by atoms with van der Waals surface area (Å²) in [7, 11) is -3.64. The second-order valence-corrected chi connectivity index (χ2v) is 7.94. The molecule has 1 fully saturated rings. The summed E-state index contributed by atoms with van der Waals surface area (Å²) in [5.74, 6) is -0.259. The molecule has 9 heteroatoms. The predicted octanol–water partition coefficient (Wildman–Crippen LogP) is 0.447. The summed E-state index contributed by atoms with van der Waals surface area (Å²) in [5.41, 5.74) is 6.29. The Morgan fingerprint density at radius 2 is 1.91 bits per heavy atom. The molecular weight excluding hydrogens is 324 g/mol. The summed E-state index contributed by atoms with van der Waals surface area (Å²) in [6, 6.07) is 9.97. The van der Waals surface area contributed by atoms with E-state index in [-0.39, 0.29) is 10.8 Å². The number of thiophene rings is 1. The van der Waals surface area contributed by atoms with Gasteiger partial charge >= 0.3 is 0 Å². The molecule has 0 bridgehead atoms. The van der Waals surface area contributed by atoms with Gasteiger partial charge in [-0.05, 0) is 23.6 Å². The van der Waals surface area contributed by atoms with Crippen molar-refractivity contribution in [3.05, 3.63) is 46.7 Å². The number of sulfone groups is 1. The minimum Gasteiger partial charge on any atom is -0.327 e. The largest absolute Gasteiger partial charge is 0.327 e. The predicted molar refractivity (Wildman–Crippen MR) is 81.7 cm³/mol. The van der Waals surface area contributed by atoms with E-state index in [0.717, 1.165) is 0 Å². The molecule has 2 aromatic rings. The van der Waals surface area contributed by atoms with Crippen LogP contribution in [0.1, 0.15) is 9.67 Å². The highest BCUT2D eigenvalue weighted by Crippen LogP contribution is 2.33. The van der Waals surface area contributed by atoms with Gasteiger partial charge in [0.15, 0.2) is 15.2 Å². The monoisotopic (exact) mass is 336 g/mol. The molecule has 3 heterocycles. The third-order valence-corrected chi connectivity index (χ3v) is 6.56. The van der Waals surface area contributed by atoms with E-state index in [1.54, 1.807) is 46.8 Å². The zero-order valence-corrected chi connectivity index (χ0v) is 12.8. The molecule has 1 aromatic carbocycles. The maximum absolute atomic E-state index is 12.8. The van der Waals surface area contributed by atoms with E-state index in [1.807, 2.05) is 0 Å². The fraction of sp³-hybridized carbons (Fsp3) is 0.154. The highest BCUT2D eigenvalue weighted by atomic mass is 32.2. The number of anilines is 1. The number of hydrogen-bond donors (Lipinski definition) is 3. The van der Waals surface area contributed by atoms with Crippen molar-refractivity contribution in [3.8, 4) is 0 Å². The van der Waals surface area contributed by atoms with Crippen LogP contribution in [-0.4, -0.2) is 25.9 Å². The minimum atomic E-state index is -3.64. The quantitative estimate of drug-likeness (QED) is 0.738. The highest BCUT2D eigenvalue weighted by molar-refractivity contribution is 7.92. The number of fused-ring (bicyclic) bond motifs is 3. The van der Waals surface area contributed by atoms with Crippen LogP contribution >= 0.6 is 11.3 Å². The van der Waals surface area contributed by atoms with E-state index >= 15 is 0 Å². The summed E-state index contributed by atoms with van der Waals surface area (Å²) in [6.07, 6.45) is -0.709. The minimum absolute atomic E-state index is 0.210. The lowest BCUT2D eigenvalue weighted by Gasteiger charge is -2.31. The van der Waals surface area contributed by atoms with E-state index in [0.29, 0.717) is 10.6 Å². The summed E-state index contributed by atoms with van der Waals surface area (Å²) in [4.78, 5) is 12.9. The Balaban J connectivity index is 1.74.